The van der Waals surface area contributed by atoms with Crippen molar-refractivity contribution in [2.24, 2.45) is 0 Å². The van der Waals surface area contributed by atoms with Crippen LogP contribution in [0.1, 0.15) is 27.7 Å². The molecule has 2 aromatic rings. The van der Waals surface area contributed by atoms with Crippen molar-refractivity contribution >= 4 is 47.6 Å². The van der Waals surface area contributed by atoms with Gasteiger partial charge in [0.05, 0.1) is 35.5 Å². The lowest BCUT2D eigenvalue weighted by Crippen LogP contribution is -2.39. The molecule has 0 saturated heterocycles. The molecule has 13 heteroatoms. The summed E-state index contributed by atoms with van der Waals surface area (Å²) >= 11 is 0. The lowest BCUT2D eigenvalue weighted by atomic mass is 10.2. The van der Waals surface area contributed by atoms with Crippen LogP contribution in [-0.2, 0) is 0 Å². The second kappa shape index (κ2) is 19.4. The maximum atomic E-state index is 10.8. The third-order valence-electron chi connectivity index (χ3n) is 7.22. The number of benzene rings is 2. The van der Waals surface area contributed by atoms with Gasteiger partial charge in [-0.25, -0.2) is 0 Å². The van der Waals surface area contributed by atoms with Crippen molar-refractivity contribution in [2.45, 2.75) is 27.7 Å². The van der Waals surface area contributed by atoms with Crippen LogP contribution in [0.2, 0.25) is 0 Å². The highest BCUT2D eigenvalue weighted by Crippen LogP contribution is 2.35. The Morgan fingerprint density at radius 3 is 1.68 bits per heavy atom. The highest BCUT2D eigenvalue weighted by molar-refractivity contribution is 5.85. The molecule has 2 aliphatic rings. The molecule has 0 radical (unpaired) electrons. The zero-order valence-corrected chi connectivity index (χ0v) is 26.3. The fourth-order valence-electron chi connectivity index (χ4n) is 4.74. The number of hydrogen-bond donors (Lipinski definition) is 1. The number of non-ortho nitro benzene ring substituents is 1. The second-order valence-electron chi connectivity index (χ2n) is 9.36. The van der Waals surface area contributed by atoms with Crippen LogP contribution in [-0.4, -0.2) is 98.9 Å². The highest BCUT2D eigenvalue weighted by atomic mass is 35.5. The van der Waals surface area contributed by atoms with Crippen LogP contribution in [0.3, 0.4) is 0 Å². The number of fused-ring (bicyclic) bond motifs is 2. The molecule has 4 N–H and O–H groups in total. The van der Waals surface area contributed by atoms with E-state index in [-0.39, 0.29) is 36.0 Å². The number of halogens is 2. The zero-order chi connectivity index (χ0) is 27.5. The molecule has 0 saturated carbocycles. The average molecular weight is 620 g/mol. The molecule has 0 bridgehead atoms. The molecular formula is C28H48Cl2N6O5. The number of hydrogen-bond acceptors (Lipinski definition) is 9. The van der Waals surface area contributed by atoms with Gasteiger partial charge >= 0.3 is 0 Å². The summed E-state index contributed by atoms with van der Waals surface area (Å²) in [5, 5.41) is 10.8. The van der Waals surface area contributed by atoms with Crippen molar-refractivity contribution < 1.29 is 19.9 Å². The summed E-state index contributed by atoms with van der Waals surface area (Å²) in [6, 6.07) is 10.8. The van der Waals surface area contributed by atoms with E-state index < -0.39 is 4.92 Å². The number of ether oxygens (including phenoxy) is 2. The minimum Gasteiger partial charge on any atom is -0.489 e. The van der Waals surface area contributed by atoms with E-state index in [1.54, 1.807) is 6.07 Å². The van der Waals surface area contributed by atoms with Crippen LogP contribution < -0.4 is 25.0 Å². The van der Waals surface area contributed by atoms with Crippen molar-refractivity contribution in [1.82, 2.24) is 9.80 Å². The SMILES string of the molecule is CCN(CC)CCN1CCOc2cc(N)ccc21.CCN(CC)CCN1CCOc2cc([N+](=O)[O-])ccc21.Cl.Cl.O. The normalized spacial score (nSPS) is 13.2. The lowest BCUT2D eigenvalue weighted by Gasteiger charge is -2.33. The molecule has 2 aromatic carbocycles. The number of nitrogens with two attached hydrogens (primary N) is 1. The van der Waals surface area contributed by atoms with Crippen LogP contribution in [0.5, 0.6) is 11.5 Å². The molecule has 2 aliphatic heterocycles. The number of likely N-dealkylation sites (N-methyl/N-ethyl adjacent to an activating group) is 2. The first-order valence-electron chi connectivity index (χ1n) is 13.8. The van der Waals surface area contributed by atoms with E-state index in [1.165, 1.54) is 17.8 Å². The molecule has 4 rings (SSSR count). The van der Waals surface area contributed by atoms with Crippen molar-refractivity contribution in [3.05, 3.63) is 46.5 Å². The summed E-state index contributed by atoms with van der Waals surface area (Å²) in [6.45, 7) is 20.1. The number of nitrogens with zero attached hydrogens (tertiary/aromatic N) is 5. The van der Waals surface area contributed by atoms with Gasteiger partial charge in [0.2, 0.25) is 0 Å². The van der Waals surface area contributed by atoms with Gasteiger partial charge in [0.15, 0.2) is 0 Å². The Hall–Kier alpha value is -2.70. The molecule has 11 nitrogen and oxygen atoms in total. The van der Waals surface area contributed by atoms with E-state index >= 15 is 0 Å². The molecule has 0 unspecified atom stereocenters. The number of anilines is 3. The monoisotopic (exact) mass is 618 g/mol. The molecule has 0 fully saturated rings. The van der Waals surface area contributed by atoms with Gasteiger partial charge in [0, 0.05) is 44.0 Å². The van der Waals surface area contributed by atoms with Gasteiger partial charge in [0.25, 0.3) is 5.69 Å². The fraction of sp³-hybridized carbons (Fsp3) is 0.571. The average Bonchev–Trinajstić information content (AvgIpc) is 2.94. The van der Waals surface area contributed by atoms with E-state index in [0.29, 0.717) is 12.4 Å². The Labute approximate surface area is 256 Å². The molecular weight excluding hydrogens is 571 g/mol. The Morgan fingerprint density at radius 2 is 1.24 bits per heavy atom. The molecule has 0 spiro atoms. The van der Waals surface area contributed by atoms with E-state index in [4.69, 9.17) is 15.2 Å². The van der Waals surface area contributed by atoms with Crippen molar-refractivity contribution in [3.8, 4) is 11.5 Å². The van der Waals surface area contributed by atoms with Crippen molar-refractivity contribution in [2.75, 3.05) is 94.2 Å². The molecule has 0 aromatic heterocycles. The predicted molar refractivity (Wildman–Crippen MR) is 173 cm³/mol. The lowest BCUT2D eigenvalue weighted by molar-refractivity contribution is -0.384. The third-order valence-corrected chi connectivity index (χ3v) is 7.22. The number of nitrogen functional groups attached to an aromatic ring is 1. The molecule has 2 heterocycles. The first-order chi connectivity index (χ1) is 18.4. The summed E-state index contributed by atoms with van der Waals surface area (Å²) in [7, 11) is 0. The highest BCUT2D eigenvalue weighted by Gasteiger charge is 2.21. The topological polar surface area (TPSA) is 132 Å². The van der Waals surface area contributed by atoms with Crippen LogP contribution in [0, 0.1) is 10.1 Å². The Morgan fingerprint density at radius 1 is 0.805 bits per heavy atom. The molecule has 234 valence electrons. The summed E-state index contributed by atoms with van der Waals surface area (Å²) in [5.41, 5.74) is 8.75. The van der Waals surface area contributed by atoms with Crippen LogP contribution >= 0.6 is 24.8 Å². The predicted octanol–water partition coefficient (Wildman–Crippen LogP) is 3.96. The van der Waals surface area contributed by atoms with E-state index in [2.05, 4.69) is 53.4 Å². The quantitative estimate of drug-likeness (QED) is 0.226. The minimum absolute atomic E-state index is 0. The number of rotatable bonds is 11. The second-order valence-corrected chi connectivity index (χ2v) is 9.36. The Kier molecular flexibility index (Phi) is 18.1. The van der Waals surface area contributed by atoms with Crippen LogP contribution in [0.25, 0.3) is 0 Å². The first kappa shape index (κ1) is 38.3. The molecule has 0 amide bonds. The summed E-state index contributed by atoms with van der Waals surface area (Å²) in [4.78, 5) is 19.8. The maximum Gasteiger partial charge on any atom is 0.273 e. The summed E-state index contributed by atoms with van der Waals surface area (Å²) < 4.78 is 11.2. The summed E-state index contributed by atoms with van der Waals surface area (Å²) in [6.07, 6.45) is 0. The maximum absolute atomic E-state index is 10.8. The fourth-order valence-corrected chi connectivity index (χ4v) is 4.74. The number of nitro benzene ring substituents is 1. The van der Waals surface area contributed by atoms with E-state index in [0.717, 1.165) is 89.2 Å². The van der Waals surface area contributed by atoms with Crippen LogP contribution in [0.4, 0.5) is 22.7 Å². The summed E-state index contributed by atoms with van der Waals surface area (Å²) in [5.74, 6) is 1.53. The van der Waals surface area contributed by atoms with Crippen LogP contribution in [0.15, 0.2) is 36.4 Å². The van der Waals surface area contributed by atoms with Gasteiger partial charge in [-0.15, -0.1) is 24.8 Å². The van der Waals surface area contributed by atoms with Gasteiger partial charge in [-0.1, -0.05) is 27.7 Å². The van der Waals surface area contributed by atoms with Gasteiger partial charge in [0.1, 0.15) is 24.7 Å². The molecule has 0 atom stereocenters. The van der Waals surface area contributed by atoms with Gasteiger partial charge < -0.3 is 40.3 Å². The van der Waals surface area contributed by atoms with Gasteiger partial charge in [-0.3, -0.25) is 10.1 Å². The molecule has 41 heavy (non-hydrogen) atoms. The standard InChI is InChI=1S/C14H21N3O3.C14H23N3O.2ClH.H2O/c1-3-15(4-2)7-8-16-9-10-20-14-11-12(17(18)19)5-6-13(14)16;1-3-16(4-2)7-8-17-9-10-18-14-11-12(15)5-6-13(14)17;;;/h5-6,11H,3-4,7-10H2,1-2H3;5-6,11H,3-4,7-10,15H2,1-2H3;2*1H;1H2. The smallest absolute Gasteiger partial charge is 0.273 e. The Balaban J connectivity index is 0.000000730. The van der Waals surface area contributed by atoms with Gasteiger partial charge in [-0.05, 0) is 44.4 Å². The largest absolute Gasteiger partial charge is 0.489 e. The van der Waals surface area contributed by atoms with Crippen molar-refractivity contribution in [1.29, 1.82) is 0 Å². The third kappa shape index (κ3) is 10.9. The molecule has 0 aliphatic carbocycles. The van der Waals surface area contributed by atoms with Crippen molar-refractivity contribution in [3.63, 3.8) is 0 Å². The van der Waals surface area contributed by atoms with E-state index in [1.807, 2.05) is 12.1 Å². The Bertz CT molecular complexity index is 1040. The zero-order valence-electron chi connectivity index (χ0n) is 24.7. The van der Waals surface area contributed by atoms with Gasteiger partial charge in [-0.2, -0.15) is 0 Å². The first-order valence-corrected chi connectivity index (χ1v) is 13.8. The van der Waals surface area contributed by atoms with E-state index in [9.17, 15) is 10.1 Å². The minimum atomic E-state index is -0.390. The number of nitro groups is 1.